The van der Waals surface area contributed by atoms with Crippen molar-refractivity contribution in [3.8, 4) is 45.3 Å². The van der Waals surface area contributed by atoms with Gasteiger partial charge in [0.15, 0.2) is 17.5 Å². The van der Waals surface area contributed by atoms with Gasteiger partial charge in [0.25, 0.3) is 0 Å². The van der Waals surface area contributed by atoms with Crippen molar-refractivity contribution >= 4 is 28.8 Å². The van der Waals surface area contributed by atoms with Crippen LogP contribution in [-0.2, 0) is 5.41 Å². The first-order valence-corrected chi connectivity index (χ1v) is 16.7. The van der Waals surface area contributed by atoms with Crippen LogP contribution >= 0.6 is 11.8 Å². The topological polar surface area (TPSA) is 41.9 Å². The van der Waals surface area contributed by atoms with E-state index in [1.165, 1.54) is 37.7 Å². The number of nitrogens with zero attached hydrogens (tertiary/aromatic N) is 4. The van der Waals surface area contributed by atoms with Crippen LogP contribution in [0.3, 0.4) is 0 Å². The molecule has 1 aliphatic heterocycles. The highest BCUT2D eigenvalue weighted by Gasteiger charge is 2.39. The highest BCUT2D eigenvalue weighted by atomic mass is 32.2. The summed E-state index contributed by atoms with van der Waals surface area (Å²) >= 11 is 1.86. The summed E-state index contributed by atoms with van der Waals surface area (Å²) in [5, 5.41) is 0. The lowest BCUT2D eigenvalue weighted by Gasteiger charge is -2.35. The molecule has 0 unspecified atom stereocenters. The van der Waals surface area contributed by atoms with Gasteiger partial charge in [-0.1, -0.05) is 135 Å². The first-order valence-electron chi connectivity index (χ1n) is 15.9. The van der Waals surface area contributed by atoms with Crippen LogP contribution in [0.4, 0.5) is 17.1 Å². The lowest BCUT2D eigenvalue weighted by atomic mass is 9.82. The Morgan fingerprint density at radius 3 is 1.74 bits per heavy atom. The molecule has 0 fully saturated rings. The Balaban J connectivity index is 1.24. The minimum absolute atomic E-state index is 0.0607. The summed E-state index contributed by atoms with van der Waals surface area (Å²) in [7, 11) is 0. The Kier molecular flexibility index (Phi) is 6.37. The molecule has 224 valence electrons. The molecular formula is C42H30N4S. The van der Waals surface area contributed by atoms with Crippen LogP contribution in [-0.4, -0.2) is 15.0 Å². The van der Waals surface area contributed by atoms with Crippen molar-refractivity contribution in [3.05, 3.63) is 157 Å². The second-order valence-electron chi connectivity index (χ2n) is 12.5. The molecule has 9 rings (SSSR count). The van der Waals surface area contributed by atoms with Gasteiger partial charge in [0.1, 0.15) is 0 Å². The van der Waals surface area contributed by atoms with E-state index in [1.54, 1.807) is 0 Å². The van der Waals surface area contributed by atoms with Gasteiger partial charge in [-0.15, -0.1) is 0 Å². The van der Waals surface area contributed by atoms with Gasteiger partial charge >= 0.3 is 0 Å². The predicted octanol–water partition coefficient (Wildman–Crippen LogP) is 11.1. The van der Waals surface area contributed by atoms with E-state index in [0.717, 1.165) is 28.1 Å². The van der Waals surface area contributed by atoms with Crippen LogP contribution in [0.15, 0.2) is 155 Å². The first kappa shape index (κ1) is 27.8. The molecular weight excluding hydrogens is 593 g/mol. The number of aromatic nitrogens is 3. The van der Waals surface area contributed by atoms with E-state index >= 15 is 0 Å². The van der Waals surface area contributed by atoms with Gasteiger partial charge in [0.2, 0.25) is 0 Å². The van der Waals surface area contributed by atoms with E-state index in [2.05, 4.69) is 104 Å². The molecule has 5 heteroatoms. The van der Waals surface area contributed by atoms with Crippen LogP contribution < -0.4 is 4.90 Å². The van der Waals surface area contributed by atoms with Gasteiger partial charge < -0.3 is 4.90 Å². The second kappa shape index (κ2) is 10.8. The van der Waals surface area contributed by atoms with Gasteiger partial charge in [-0.3, -0.25) is 0 Å². The monoisotopic (exact) mass is 622 g/mol. The van der Waals surface area contributed by atoms with Crippen LogP contribution in [0.2, 0.25) is 0 Å². The normalized spacial score (nSPS) is 13.8. The highest BCUT2D eigenvalue weighted by Crippen LogP contribution is 2.60. The molecule has 0 atom stereocenters. The zero-order valence-electron chi connectivity index (χ0n) is 26.1. The molecule has 2 heterocycles. The molecule has 7 aromatic rings. The summed E-state index contributed by atoms with van der Waals surface area (Å²) in [5.41, 5.74) is 11.6. The van der Waals surface area contributed by atoms with Crippen LogP contribution in [0.25, 0.3) is 45.3 Å². The second-order valence-corrected chi connectivity index (χ2v) is 13.6. The minimum atomic E-state index is -0.0607. The summed E-state index contributed by atoms with van der Waals surface area (Å²) in [5.74, 6) is 1.96. The maximum atomic E-state index is 5.03. The van der Waals surface area contributed by atoms with E-state index in [1.807, 2.05) is 72.4 Å². The van der Waals surface area contributed by atoms with Gasteiger partial charge in [-0.2, -0.15) is 0 Å². The minimum Gasteiger partial charge on any atom is -0.308 e. The Bertz CT molecular complexity index is 2240. The van der Waals surface area contributed by atoms with Crippen molar-refractivity contribution in [3.63, 3.8) is 0 Å². The molecule has 0 amide bonds. The zero-order chi connectivity index (χ0) is 31.5. The van der Waals surface area contributed by atoms with Crippen LogP contribution in [0.1, 0.15) is 25.0 Å². The van der Waals surface area contributed by atoms with Crippen molar-refractivity contribution in [2.75, 3.05) is 4.90 Å². The van der Waals surface area contributed by atoms with E-state index in [4.69, 9.17) is 15.0 Å². The number of hydrogen-bond donors (Lipinski definition) is 0. The Labute approximate surface area is 278 Å². The average molecular weight is 623 g/mol. The number of benzene rings is 6. The highest BCUT2D eigenvalue weighted by molar-refractivity contribution is 8.00. The maximum Gasteiger partial charge on any atom is 0.164 e. The largest absolute Gasteiger partial charge is 0.308 e. The number of anilines is 3. The third kappa shape index (κ3) is 4.49. The average Bonchev–Trinajstić information content (AvgIpc) is 3.37. The van der Waals surface area contributed by atoms with Crippen molar-refractivity contribution < 1.29 is 0 Å². The maximum absolute atomic E-state index is 5.03. The summed E-state index contributed by atoms with van der Waals surface area (Å²) in [6, 6.07) is 51.1. The fourth-order valence-corrected chi connectivity index (χ4v) is 8.18. The number of hydrogen-bond acceptors (Lipinski definition) is 5. The molecule has 0 bridgehead atoms. The number of para-hydroxylation sites is 1. The van der Waals surface area contributed by atoms with Gasteiger partial charge in [0, 0.05) is 43.1 Å². The molecule has 0 radical (unpaired) electrons. The third-order valence-electron chi connectivity index (χ3n) is 9.30. The number of rotatable bonds is 4. The van der Waals surface area contributed by atoms with Crippen molar-refractivity contribution in [2.24, 2.45) is 0 Å². The van der Waals surface area contributed by atoms with Crippen molar-refractivity contribution in [2.45, 2.75) is 29.1 Å². The fourth-order valence-electron chi connectivity index (χ4n) is 6.98. The molecule has 1 aliphatic carbocycles. The molecule has 1 aromatic heterocycles. The summed E-state index contributed by atoms with van der Waals surface area (Å²) in [6.45, 7) is 4.68. The number of fused-ring (bicyclic) bond motifs is 6. The lowest BCUT2D eigenvalue weighted by Crippen LogP contribution is -2.18. The quantitative estimate of drug-likeness (QED) is 0.195. The summed E-state index contributed by atoms with van der Waals surface area (Å²) < 4.78 is 0. The lowest BCUT2D eigenvalue weighted by molar-refractivity contribution is 0.659. The van der Waals surface area contributed by atoms with E-state index in [9.17, 15) is 0 Å². The molecule has 2 aliphatic rings. The molecule has 47 heavy (non-hydrogen) atoms. The first-order chi connectivity index (χ1) is 23.1. The third-order valence-corrected chi connectivity index (χ3v) is 10.5. The molecule has 0 saturated heterocycles. The van der Waals surface area contributed by atoms with E-state index < -0.39 is 0 Å². The Morgan fingerprint density at radius 1 is 0.511 bits per heavy atom. The van der Waals surface area contributed by atoms with Crippen LogP contribution in [0.5, 0.6) is 0 Å². The van der Waals surface area contributed by atoms with E-state index in [-0.39, 0.29) is 5.41 Å². The Hall–Kier alpha value is -5.52. The molecule has 0 saturated carbocycles. The van der Waals surface area contributed by atoms with Gasteiger partial charge in [-0.25, -0.2) is 15.0 Å². The summed E-state index contributed by atoms with van der Waals surface area (Å²) in [4.78, 5) is 19.9. The Morgan fingerprint density at radius 2 is 1.09 bits per heavy atom. The standard InChI is InChI=1S/C42H30N4S/c1-42(2)32-21-13-12-20-31(32)37-33(42)23-24-34-38(37)47-36-25-22-29(26-35(36)46(34)30-18-10-5-11-19-30)41-44-39(27-14-6-3-7-15-27)43-40(45-41)28-16-8-4-9-17-28/h3-26H,1-2H3. The summed E-state index contributed by atoms with van der Waals surface area (Å²) in [6.07, 6.45) is 0. The zero-order valence-corrected chi connectivity index (χ0v) is 26.9. The molecule has 0 spiro atoms. The van der Waals surface area contributed by atoms with Crippen molar-refractivity contribution in [1.29, 1.82) is 0 Å². The van der Waals surface area contributed by atoms with Crippen molar-refractivity contribution in [1.82, 2.24) is 15.0 Å². The fraction of sp³-hybridized carbons (Fsp3) is 0.0714. The predicted molar refractivity (Wildman–Crippen MR) is 193 cm³/mol. The van der Waals surface area contributed by atoms with Gasteiger partial charge in [-0.05, 0) is 53.1 Å². The molecule has 6 aromatic carbocycles. The SMILES string of the molecule is CC1(C)c2ccccc2-c2c1ccc1c2Sc2ccc(-c3nc(-c4ccccc4)nc(-c4ccccc4)n3)cc2N1c1ccccc1. The smallest absolute Gasteiger partial charge is 0.164 e. The van der Waals surface area contributed by atoms with Crippen LogP contribution in [0, 0.1) is 0 Å². The molecule has 4 nitrogen and oxygen atoms in total. The van der Waals surface area contributed by atoms with E-state index in [0.29, 0.717) is 17.5 Å². The molecule has 0 N–H and O–H groups in total. The van der Waals surface area contributed by atoms with Gasteiger partial charge in [0.05, 0.1) is 11.4 Å².